The number of piperidine rings is 1. The van der Waals surface area contributed by atoms with Crippen LogP contribution in [-0.4, -0.2) is 24.5 Å². The van der Waals surface area contributed by atoms with Crippen molar-refractivity contribution in [2.75, 3.05) is 19.6 Å². The molecule has 1 unspecified atom stereocenters. The van der Waals surface area contributed by atoms with E-state index in [0.717, 1.165) is 18.9 Å². The average molecular weight is 166 g/mol. The number of hydrogen-bond acceptors (Lipinski definition) is 2. The van der Waals surface area contributed by atoms with E-state index >= 15 is 0 Å². The second-order valence-corrected chi connectivity index (χ2v) is 3.81. The van der Waals surface area contributed by atoms with Crippen LogP contribution >= 0.6 is 0 Å². The quantitative estimate of drug-likeness (QED) is 0.600. The summed E-state index contributed by atoms with van der Waals surface area (Å²) in [5.74, 6) is 0.862. The van der Waals surface area contributed by atoms with Gasteiger partial charge in [0.1, 0.15) is 0 Å². The Morgan fingerprint density at radius 1 is 1.58 bits per heavy atom. The van der Waals surface area contributed by atoms with Crippen molar-refractivity contribution in [1.82, 2.24) is 4.90 Å². The van der Waals surface area contributed by atoms with Gasteiger partial charge in [0.05, 0.1) is 6.07 Å². The highest BCUT2D eigenvalue weighted by atomic mass is 15.1. The van der Waals surface area contributed by atoms with Crippen molar-refractivity contribution in [3.8, 4) is 6.07 Å². The van der Waals surface area contributed by atoms with E-state index in [4.69, 9.17) is 5.26 Å². The average Bonchev–Trinajstić information content (AvgIpc) is 2.05. The Bertz CT molecular complexity index is 160. The second kappa shape index (κ2) is 5.16. The maximum absolute atomic E-state index is 8.38. The van der Waals surface area contributed by atoms with Crippen LogP contribution in [0, 0.1) is 17.2 Å². The number of nitriles is 1. The molecular weight excluding hydrogens is 148 g/mol. The van der Waals surface area contributed by atoms with Crippen molar-refractivity contribution in [1.29, 1.82) is 5.26 Å². The first-order valence-corrected chi connectivity index (χ1v) is 4.92. The third kappa shape index (κ3) is 3.23. The molecule has 0 amide bonds. The zero-order valence-electron chi connectivity index (χ0n) is 7.92. The van der Waals surface area contributed by atoms with Gasteiger partial charge in [-0.1, -0.05) is 6.92 Å². The van der Waals surface area contributed by atoms with E-state index in [0.29, 0.717) is 6.42 Å². The van der Waals surface area contributed by atoms with Crippen molar-refractivity contribution in [2.24, 2.45) is 5.92 Å². The minimum Gasteiger partial charge on any atom is -0.303 e. The fourth-order valence-corrected chi connectivity index (χ4v) is 1.87. The van der Waals surface area contributed by atoms with E-state index in [-0.39, 0.29) is 0 Å². The first kappa shape index (κ1) is 9.54. The van der Waals surface area contributed by atoms with Gasteiger partial charge in [-0.3, -0.25) is 0 Å². The minimum absolute atomic E-state index is 0.713. The fourth-order valence-electron chi connectivity index (χ4n) is 1.87. The Morgan fingerprint density at radius 2 is 2.42 bits per heavy atom. The van der Waals surface area contributed by atoms with E-state index in [9.17, 15) is 0 Å². The zero-order valence-corrected chi connectivity index (χ0v) is 7.92. The third-order valence-corrected chi connectivity index (χ3v) is 2.50. The van der Waals surface area contributed by atoms with Gasteiger partial charge in [0.2, 0.25) is 0 Å². The summed E-state index contributed by atoms with van der Waals surface area (Å²) in [6, 6.07) is 2.19. The fraction of sp³-hybridized carbons (Fsp3) is 0.900. The summed E-state index contributed by atoms with van der Waals surface area (Å²) in [6.07, 6.45) is 4.48. The van der Waals surface area contributed by atoms with Crippen molar-refractivity contribution in [3.05, 3.63) is 0 Å². The van der Waals surface area contributed by atoms with Crippen LogP contribution < -0.4 is 0 Å². The van der Waals surface area contributed by atoms with Gasteiger partial charge in [0.25, 0.3) is 0 Å². The molecule has 1 fully saturated rings. The van der Waals surface area contributed by atoms with E-state index in [1.54, 1.807) is 0 Å². The zero-order chi connectivity index (χ0) is 8.81. The first-order valence-electron chi connectivity index (χ1n) is 4.92. The molecule has 0 aliphatic carbocycles. The molecule has 0 aromatic carbocycles. The Hall–Kier alpha value is -0.550. The summed E-state index contributed by atoms with van der Waals surface area (Å²) < 4.78 is 0. The summed E-state index contributed by atoms with van der Waals surface area (Å²) in [6.45, 7) is 5.93. The van der Waals surface area contributed by atoms with E-state index in [1.165, 1.54) is 25.9 Å². The molecule has 1 atom stereocenters. The maximum Gasteiger partial charge on any atom is 0.0622 e. The van der Waals surface area contributed by atoms with Crippen molar-refractivity contribution in [3.63, 3.8) is 0 Å². The number of unbranched alkanes of at least 4 members (excludes halogenated alkanes) is 1. The van der Waals surface area contributed by atoms with Crippen LogP contribution in [0.25, 0.3) is 0 Å². The minimum atomic E-state index is 0.713. The lowest BCUT2D eigenvalue weighted by atomic mass is 10.0. The Balaban J connectivity index is 2.11. The highest BCUT2D eigenvalue weighted by molar-refractivity contribution is 4.73. The van der Waals surface area contributed by atoms with Gasteiger partial charge < -0.3 is 4.90 Å². The molecule has 0 bridgehead atoms. The molecule has 1 heterocycles. The summed E-state index contributed by atoms with van der Waals surface area (Å²) in [5, 5.41) is 8.38. The van der Waals surface area contributed by atoms with E-state index in [2.05, 4.69) is 17.9 Å². The number of likely N-dealkylation sites (tertiary alicyclic amines) is 1. The van der Waals surface area contributed by atoms with Gasteiger partial charge in [0, 0.05) is 13.0 Å². The maximum atomic E-state index is 8.38. The highest BCUT2D eigenvalue weighted by Gasteiger charge is 2.14. The van der Waals surface area contributed by atoms with E-state index in [1.807, 2.05) is 0 Å². The first-order chi connectivity index (χ1) is 5.83. The van der Waals surface area contributed by atoms with Gasteiger partial charge >= 0.3 is 0 Å². The number of rotatable bonds is 3. The summed E-state index contributed by atoms with van der Waals surface area (Å²) in [4.78, 5) is 2.49. The molecule has 0 spiro atoms. The Morgan fingerprint density at radius 3 is 3.08 bits per heavy atom. The summed E-state index contributed by atoms with van der Waals surface area (Å²) in [7, 11) is 0. The molecule has 1 aliphatic heterocycles. The summed E-state index contributed by atoms with van der Waals surface area (Å²) >= 11 is 0. The van der Waals surface area contributed by atoms with Crippen LogP contribution in [0.1, 0.15) is 32.6 Å². The number of nitrogens with zero attached hydrogens (tertiary/aromatic N) is 2. The van der Waals surface area contributed by atoms with E-state index < -0.39 is 0 Å². The predicted octanol–water partition coefficient (Wildman–Crippen LogP) is 2.02. The molecule has 1 rings (SSSR count). The molecule has 1 saturated heterocycles. The normalized spacial score (nSPS) is 25.2. The largest absolute Gasteiger partial charge is 0.303 e. The molecule has 0 saturated carbocycles. The molecule has 0 radical (unpaired) electrons. The van der Waals surface area contributed by atoms with Gasteiger partial charge in [0.15, 0.2) is 0 Å². The molecule has 1 aliphatic rings. The lowest BCUT2D eigenvalue weighted by Crippen LogP contribution is -2.34. The lowest BCUT2D eigenvalue weighted by Gasteiger charge is -2.30. The van der Waals surface area contributed by atoms with Gasteiger partial charge in [-0.15, -0.1) is 0 Å². The van der Waals surface area contributed by atoms with Gasteiger partial charge in [-0.25, -0.2) is 0 Å². The van der Waals surface area contributed by atoms with Crippen LogP contribution in [-0.2, 0) is 0 Å². The topological polar surface area (TPSA) is 27.0 Å². The molecular formula is C10H18N2. The monoisotopic (exact) mass is 166 g/mol. The van der Waals surface area contributed by atoms with Crippen molar-refractivity contribution >= 4 is 0 Å². The predicted molar refractivity (Wildman–Crippen MR) is 49.7 cm³/mol. The highest BCUT2D eigenvalue weighted by Crippen LogP contribution is 2.15. The van der Waals surface area contributed by atoms with Crippen molar-refractivity contribution in [2.45, 2.75) is 32.6 Å². The molecule has 2 heteroatoms. The second-order valence-electron chi connectivity index (χ2n) is 3.81. The van der Waals surface area contributed by atoms with Crippen LogP contribution in [0.4, 0.5) is 0 Å². The smallest absolute Gasteiger partial charge is 0.0622 e. The number of hydrogen-bond donors (Lipinski definition) is 0. The van der Waals surface area contributed by atoms with Crippen LogP contribution in [0.2, 0.25) is 0 Å². The van der Waals surface area contributed by atoms with Crippen LogP contribution in [0.3, 0.4) is 0 Å². The van der Waals surface area contributed by atoms with Crippen LogP contribution in [0.15, 0.2) is 0 Å². The third-order valence-electron chi connectivity index (χ3n) is 2.50. The van der Waals surface area contributed by atoms with Crippen LogP contribution in [0.5, 0.6) is 0 Å². The molecule has 0 aromatic rings. The lowest BCUT2D eigenvalue weighted by molar-refractivity contribution is 0.183. The Labute approximate surface area is 75.2 Å². The molecule has 12 heavy (non-hydrogen) atoms. The van der Waals surface area contributed by atoms with Gasteiger partial charge in [-0.05, 0) is 38.3 Å². The standard InChI is InChI=1S/C10H18N2/c1-10-5-4-8-12(9-10)7-3-2-6-11/h10H,2-5,7-9H2,1H3. The summed E-state index contributed by atoms with van der Waals surface area (Å²) in [5.41, 5.74) is 0. The van der Waals surface area contributed by atoms with Gasteiger partial charge in [-0.2, -0.15) is 5.26 Å². The molecule has 68 valence electrons. The molecule has 0 aromatic heterocycles. The molecule has 0 N–H and O–H groups in total. The van der Waals surface area contributed by atoms with Crippen molar-refractivity contribution < 1.29 is 0 Å². The Kier molecular flexibility index (Phi) is 4.10. The molecule has 2 nitrogen and oxygen atoms in total. The SMILES string of the molecule is CC1CCCN(CCCC#N)C1.